The Morgan fingerprint density at radius 1 is 1.18 bits per heavy atom. The Labute approximate surface area is 106 Å². The summed E-state index contributed by atoms with van der Waals surface area (Å²) in [5.74, 6) is 0. The molecule has 0 heterocycles. The first-order chi connectivity index (χ1) is 8.27. The molecule has 0 saturated carbocycles. The lowest BCUT2D eigenvalue weighted by Gasteiger charge is -2.04. The van der Waals surface area contributed by atoms with Crippen molar-refractivity contribution in [2.45, 2.75) is 40.0 Å². The van der Waals surface area contributed by atoms with E-state index < -0.39 is 0 Å². The van der Waals surface area contributed by atoms with Gasteiger partial charge in [-0.3, -0.25) is 0 Å². The maximum Gasteiger partial charge on any atom is -0.00142 e. The van der Waals surface area contributed by atoms with Crippen LogP contribution in [0.4, 0.5) is 0 Å². The van der Waals surface area contributed by atoms with E-state index in [1.807, 2.05) is 0 Å². The summed E-state index contributed by atoms with van der Waals surface area (Å²) < 4.78 is 0. The lowest BCUT2D eigenvalue weighted by Crippen LogP contribution is -2.13. The van der Waals surface area contributed by atoms with Gasteiger partial charge in [-0.05, 0) is 49.6 Å². The van der Waals surface area contributed by atoms with Gasteiger partial charge in [-0.2, -0.15) is 0 Å². The van der Waals surface area contributed by atoms with Crippen molar-refractivity contribution in [3.05, 3.63) is 41.5 Å². The molecule has 1 rings (SSSR count). The number of rotatable bonds is 7. The molecule has 0 atom stereocenters. The Hall–Kier alpha value is -1.08. The summed E-state index contributed by atoms with van der Waals surface area (Å²) in [7, 11) is 0. The van der Waals surface area contributed by atoms with Crippen LogP contribution in [-0.2, 0) is 6.42 Å². The van der Waals surface area contributed by atoms with Gasteiger partial charge in [0.1, 0.15) is 0 Å². The van der Waals surface area contributed by atoms with Crippen LogP contribution in [0.5, 0.6) is 0 Å². The molecule has 0 aromatic heterocycles. The van der Waals surface area contributed by atoms with Gasteiger partial charge in [0.25, 0.3) is 0 Å². The first-order valence-corrected chi connectivity index (χ1v) is 6.74. The molecule has 1 aromatic carbocycles. The van der Waals surface area contributed by atoms with Gasteiger partial charge in [0.15, 0.2) is 0 Å². The van der Waals surface area contributed by atoms with Gasteiger partial charge in [0.2, 0.25) is 0 Å². The van der Waals surface area contributed by atoms with Crippen LogP contribution in [0.2, 0.25) is 0 Å². The minimum Gasteiger partial charge on any atom is -0.317 e. The topological polar surface area (TPSA) is 12.0 Å². The maximum absolute atomic E-state index is 3.34. The number of aryl methyl sites for hydroxylation is 1. The summed E-state index contributed by atoms with van der Waals surface area (Å²) in [4.78, 5) is 0. The Morgan fingerprint density at radius 3 is 2.47 bits per heavy atom. The zero-order valence-corrected chi connectivity index (χ0v) is 11.4. The summed E-state index contributed by atoms with van der Waals surface area (Å²) in [6, 6.07) is 8.98. The molecule has 0 aliphatic heterocycles. The molecule has 1 nitrogen and oxygen atoms in total. The number of allylic oxidation sites excluding steroid dienone is 1. The van der Waals surface area contributed by atoms with E-state index in [2.05, 4.69) is 56.4 Å². The van der Waals surface area contributed by atoms with Crippen LogP contribution in [0.15, 0.2) is 30.3 Å². The molecular formula is C16H25N. The molecule has 0 unspecified atom stereocenters. The van der Waals surface area contributed by atoms with Gasteiger partial charge in [-0.15, -0.1) is 0 Å². The van der Waals surface area contributed by atoms with E-state index in [0.717, 1.165) is 19.5 Å². The van der Waals surface area contributed by atoms with Gasteiger partial charge in [0.05, 0.1) is 0 Å². The van der Waals surface area contributed by atoms with Crippen molar-refractivity contribution >= 4 is 5.57 Å². The molecule has 0 aliphatic carbocycles. The van der Waals surface area contributed by atoms with E-state index in [1.165, 1.54) is 29.5 Å². The summed E-state index contributed by atoms with van der Waals surface area (Å²) in [6.45, 7) is 8.68. The van der Waals surface area contributed by atoms with E-state index in [1.54, 1.807) is 0 Å². The van der Waals surface area contributed by atoms with Gasteiger partial charge in [0, 0.05) is 0 Å². The lowest BCUT2D eigenvalue weighted by molar-refractivity contribution is 0.727. The molecule has 1 N–H and O–H groups in total. The molecule has 0 amide bonds. The monoisotopic (exact) mass is 231 g/mol. The van der Waals surface area contributed by atoms with Crippen LogP contribution in [0.1, 0.15) is 44.7 Å². The van der Waals surface area contributed by atoms with Crippen LogP contribution in [0.3, 0.4) is 0 Å². The molecule has 0 spiro atoms. The van der Waals surface area contributed by atoms with Crippen LogP contribution >= 0.6 is 0 Å². The Kier molecular flexibility index (Phi) is 6.64. The second-order valence-corrected chi connectivity index (χ2v) is 4.48. The molecule has 1 heteroatoms. The molecular weight excluding hydrogens is 206 g/mol. The highest BCUT2D eigenvalue weighted by molar-refractivity contribution is 5.63. The van der Waals surface area contributed by atoms with Gasteiger partial charge in [-0.1, -0.05) is 50.6 Å². The van der Waals surface area contributed by atoms with Crippen molar-refractivity contribution in [1.82, 2.24) is 5.32 Å². The van der Waals surface area contributed by atoms with E-state index in [9.17, 15) is 0 Å². The van der Waals surface area contributed by atoms with Crippen molar-refractivity contribution in [1.29, 1.82) is 0 Å². The molecule has 0 radical (unpaired) electrons. The highest BCUT2D eigenvalue weighted by Gasteiger charge is 1.96. The molecule has 17 heavy (non-hydrogen) atoms. The molecule has 94 valence electrons. The van der Waals surface area contributed by atoms with Gasteiger partial charge < -0.3 is 5.32 Å². The summed E-state index contributed by atoms with van der Waals surface area (Å²) in [5, 5.41) is 3.34. The van der Waals surface area contributed by atoms with Crippen LogP contribution < -0.4 is 5.32 Å². The average Bonchev–Trinajstić information content (AvgIpc) is 2.36. The molecule has 0 saturated heterocycles. The van der Waals surface area contributed by atoms with Crippen LogP contribution in [0, 0.1) is 0 Å². The molecule has 0 bridgehead atoms. The van der Waals surface area contributed by atoms with Crippen molar-refractivity contribution in [2.24, 2.45) is 0 Å². The van der Waals surface area contributed by atoms with E-state index >= 15 is 0 Å². The fourth-order valence-corrected chi connectivity index (χ4v) is 1.91. The maximum atomic E-state index is 3.34. The smallest absolute Gasteiger partial charge is 0.00142 e. The van der Waals surface area contributed by atoms with E-state index in [0.29, 0.717) is 0 Å². The van der Waals surface area contributed by atoms with E-state index in [-0.39, 0.29) is 0 Å². The molecule has 0 aliphatic rings. The van der Waals surface area contributed by atoms with Gasteiger partial charge in [-0.25, -0.2) is 0 Å². The second-order valence-electron chi connectivity index (χ2n) is 4.48. The fraction of sp³-hybridized carbons (Fsp3) is 0.500. The predicted octanol–water partition coefficient (Wildman–Crippen LogP) is 4.04. The standard InChI is InChI=1S/C16H25N/c1-4-7-15-9-11-16(12-10-15)14(3)8-6-13-17-5-2/h8-12,17H,4-7,13H2,1-3H3. The zero-order valence-electron chi connectivity index (χ0n) is 11.4. The zero-order chi connectivity index (χ0) is 12.5. The van der Waals surface area contributed by atoms with Crippen molar-refractivity contribution in [3.8, 4) is 0 Å². The summed E-state index contributed by atoms with van der Waals surface area (Å²) >= 11 is 0. The van der Waals surface area contributed by atoms with Crippen LogP contribution in [-0.4, -0.2) is 13.1 Å². The quantitative estimate of drug-likeness (QED) is 0.698. The second kappa shape index (κ2) is 8.08. The first-order valence-electron chi connectivity index (χ1n) is 6.74. The Morgan fingerprint density at radius 2 is 1.88 bits per heavy atom. The normalized spacial score (nSPS) is 11.8. The number of hydrogen-bond acceptors (Lipinski definition) is 1. The van der Waals surface area contributed by atoms with Crippen molar-refractivity contribution < 1.29 is 0 Å². The average molecular weight is 231 g/mol. The number of benzene rings is 1. The highest BCUT2D eigenvalue weighted by atomic mass is 14.8. The first kappa shape index (κ1) is 14.0. The third-order valence-electron chi connectivity index (χ3n) is 2.97. The third kappa shape index (κ3) is 5.18. The Bertz CT molecular complexity index is 335. The number of hydrogen-bond donors (Lipinski definition) is 1. The minimum absolute atomic E-state index is 1.05. The number of nitrogens with one attached hydrogen (secondary N) is 1. The van der Waals surface area contributed by atoms with E-state index in [4.69, 9.17) is 0 Å². The van der Waals surface area contributed by atoms with Crippen molar-refractivity contribution in [3.63, 3.8) is 0 Å². The SMILES string of the molecule is CCCc1ccc(C(C)=CCCNCC)cc1. The fourth-order valence-electron chi connectivity index (χ4n) is 1.91. The lowest BCUT2D eigenvalue weighted by atomic mass is 10.0. The Balaban J connectivity index is 2.53. The summed E-state index contributed by atoms with van der Waals surface area (Å²) in [6.07, 6.45) is 5.83. The largest absolute Gasteiger partial charge is 0.317 e. The molecule has 0 fully saturated rings. The highest BCUT2D eigenvalue weighted by Crippen LogP contribution is 2.15. The molecule has 1 aromatic rings. The third-order valence-corrected chi connectivity index (χ3v) is 2.97. The minimum atomic E-state index is 1.05. The van der Waals surface area contributed by atoms with Crippen molar-refractivity contribution in [2.75, 3.05) is 13.1 Å². The van der Waals surface area contributed by atoms with Crippen LogP contribution in [0.25, 0.3) is 5.57 Å². The van der Waals surface area contributed by atoms with Gasteiger partial charge >= 0.3 is 0 Å². The summed E-state index contributed by atoms with van der Waals surface area (Å²) in [5.41, 5.74) is 4.17. The predicted molar refractivity (Wildman–Crippen MR) is 77.2 cm³/mol.